The quantitative estimate of drug-likeness (QED) is 0.399. The van der Waals surface area contributed by atoms with Crippen molar-refractivity contribution in [1.82, 2.24) is 20.6 Å². The highest BCUT2D eigenvalue weighted by atomic mass is 35.5. The van der Waals surface area contributed by atoms with Crippen LogP contribution < -0.4 is 20.3 Å². The zero-order valence-corrected chi connectivity index (χ0v) is 22.7. The average molecular weight is 562 g/mol. The molecule has 2 N–H and O–H groups in total. The van der Waals surface area contributed by atoms with E-state index in [0.29, 0.717) is 49.7 Å². The third-order valence-corrected chi connectivity index (χ3v) is 7.41. The Morgan fingerprint density at radius 3 is 2.51 bits per heavy atom. The number of hydrogen-bond donors (Lipinski definition) is 2. The van der Waals surface area contributed by atoms with E-state index in [0.717, 1.165) is 23.3 Å². The first-order valence-corrected chi connectivity index (χ1v) is 13.0. The number of benzene rings is 1. The summed E-state index contributed by atoms with van der Waals surface area (Å²) in [6.45, 7) is 3.39. The van der Waals surface area contributed by atoms with Gasteiger partial charge in [0, 0.05) is 38.1 Å². The summed E-state index contributed by atoms with van der Waals surface area (Å²) < 4.78 is 44.7. The molecule has 1 amide bonds. The molecule has 1 fully saturated rings. The number of amides is 1. The lowest BCUT2D eigenvalue weighted by molar-refractivity contribution is -0.137. The van der Waals surface area contributed by atoms with Crippen molar-refractivity contribution >= 4 is 23.2 Å². The number of hydrogen-bond acceptors (Lipinski definition) is 6. The highest BCUT2D eigenvalue weighted by Gasteiger charge is 2.44. The largest absolute Gasteiger partial charge is 0.481 e. The van der Waals surface area contributed by atoms with Gasteiger partial charge in [-0.2, -0.15) is 13.2 Å². The van der Waals surface area contributed by atoms with E-state index in [1.54, 1.807) is 25.6 Å². The fourth-order valence-electron chi connectivity index (χ4n) is 5.02. The predicted molar refractivity (Wildman–Crippen MR) is 145 cm³/mol. The van der Waals surface area contributed by atoms with Crippen LogP contribution in [0.5, 0.6) is 5.88 Å². The number of likely N-dealkylation sites (N-methyl/N-ethyl adjacent to an activating group) is 1. The molecule has 11 heteroatoms. The molecule has 4 rings (SSSR count). The Morgan fingerprint density at radius 2 is 1.92 bits per heavy atom. The van der Waals surface area contributed by atoms with Gasteiger partial charge in [-0.05, 0) is 68.8 Å². The van der Waals surface area contributed by atoms with Crippen molar-refractivity contribution in [3.63, 3.8) is 0 Å². The van der Waals surface area contributed by atoms with Crippen molar-refractivity contribution in [3.05, 3.63) is 71.0 Å². The van der Waals surface area contributed by atoms with E-state index < -0.39 is 17.2 Å². The van der Waals surface area contributed by atoms with Crippen LogP contribution in [-0.2, 0) is 16.4 Å². The standard InChI is InChI=1S/C28H31ClF3N5O2/c1-18(16-33-2)36-26(38)27(20-6-8-23(35-17-20)21-5-4-12-34-25(21)39-3)10-13-37(14-11-27)24-9-7-19(15-22(24)29)28(30,31)32/h4-9,12,15,17-18,33H,10-11,13-14,16H2,1-3H3,(H,36,38). The first kappa shape index (κ1) is 28.6. The number of nitrogens with one attached hydrogen (secondary N) is 2. The van der Waals surface area contributed by atoms with E-state index >= 15 is 0 Å². The topological polar surface area (TPSA) is 79.4 Å². The lowest BCUT2D eigenvalue weighted by Crippen LogP contribution is -2.54. The van der Waals surface area contributed by atoms with Gasteiger partial charge in [-0.1, -0.05) is 17.7 Å². The molecule has 3 aromatic rings. The summed E-state index contributed by atoms with van der Waals surface area (Å²) in [6, 6.07) is 10.7. The molecule has 0 aliphatic carbocycles. The summed E-state index contributed by atoms with van der Waals surface area (Å²) in [7, 11) is 3.36. The summed E-state index contributed by atoms with van der Waals surface area (Å²) in [5, 5.41) is 6.21. The summed E-state index contributed by atoms with van der Waals surface area (Å²) >= 11 is 6.27. The molecule has 1 aliphatic heterocycles. The van der Waals surface area contributed by atoms with Crippen molar-refractivity contribution in [2.75, 3.05) is 38.7 Å². The zero-order chi connectivity index (χ0) is 28.2. The molecule has 1 atom stereocenters. The monoisotopic (exact) mass is 561 g/mol. The summed E-state index contributed by atoms with van der Waals surface area (Å²) in [5.41, 5.74) is 1.01. The van der Waals surface area contributed by atoms with Crippen LogP contribution in [0.1, 0.15) is 30.9 Å². The highest BCUT2D eigenvalue weighted by molar-refractivity contribution is 6.33. The minimum Gasteiger partial charge on any atom is -0.481 e. The maximum Gasteiger partial charge on any atom is 0.416 e. The van der Waals surface area contributed by atoms with Crippen LogP contribution in [-0.4, -0.2) is 55.7 Å². The van der Waals surface area contributed by atoms with Gasteiger partial charge < -0.3 is 20.3 Å². The summed E-state index contributed by atoms with van der Waals surface area (Å²) in [6.07, 6.45) is -0.260. The van der Waals surface area contributed by atoms with Crippen molar-refractivity contribution < 1.29 is 22.7 Å². The van der Waals surface area contributed by atoms with E-state index in [2.05, 4.69) is 20.6 Å². The van der Waals surface area contributed by atoms with E-state index in [4.69, 9.17) is 16.3 Å². The Labute approximate surface area is 230 Å². The molecule has 1 unspecified atom stereocenters. The minimum absolute atomic E-state index is 0.0286. The number of halogens is 4. The van der Waals surface area contributed by atoms with Crippen LogP contribution in [0.2, 0.25) is 5.02 Å². The average Bonchev–Trinajstić information content (AvgIpc) is 2.93. The molecule has 0 saturated carbocycles. The SMILES string of the molecule is CNCC(C)NC(=O)C1(c2ccc(-c3cccnc3OC)nc2)CCN(c2ccc(C(F)(F)F)cc2Cl)CC1. The maximum absolute atomic E-state index is 13.8. The maximum atomic E-state index is 13.8. The van der Waals surface area contributed by atoms with Crippen LogP contribution in [0.4, 0.5) is 18.9 Å². The first-order chi connectivity index (χ1) is 18.6. The van der Waals surface area contributed by atoms with E-state index in [9.17, 15) is 18.0 Å². The summed E-state index contributed by atoms with van der Waals surface area (Å²) in [5.74, 6) is 0.338. The summed E-state index contributed by atoms with van der Waals surface area (Å²) in [4.78, 5) is 24.6. The number of piperidine rings is 1. The molecule has 0 spiro atoms. The Morgan fingerprint density at radius 1 is 1.18 bits per heavy atom. The van der Waals surface area contributed by atoms with Gasteiger partial charge in [-0.3, -0.25) is 9.78 Å². The molecular weight excluding hydrogens is 531 g/mol. The number of alkyl halides is 3. The van der Waals surface area contributed by atoms with Gasteiger partial charge in [0.2, 0.25) is 11.8 Å². The van der Waals surface area contributed by atoms with Gasteiger partial charge in [0.1, 0.15) is 0 Å². The van der Waals surface area contributed by atoms with Crippen molar-refractivity contribution in [1.29, 1.82) is 0 Å². The Kier molecular flexibility index (Phi) is 8.66. The van der Waals surface area contributed by atoms with Gasteiger partial charge in [-0.15, -0.1) is 0 Å². The number of anilines is 1. The van der Waals surface area contributed by atoms with Crippen LogP contribution in [0, 0.1) is 0 Å². The van der Waals surface area contributed by atoms with Gasteiger partial charge in [0.15, 0.2) is 0 Å². The van der Waals surface area contributed by atoms with Crippen molar-refractivity contribution in [3.8, 4) is 17.1 Å². The molecule has 2 aromatic heterocycles. The molecule has 1 aliphatic rings. The van der Waals surface area contributed by atoms with E-state index in [1.807, 2.05) is 37.1 Å². The molecule has 208 valence electrons. The predicted octanol–water partition coefficient (Wildman–Crippen LogP) is 5.09. The van der Waals surface area contributed by atoms with E-state index in [1.165, 1.54) is 6.07 Å². The number of carbonyl (C=O) groups excluding carboxylic acids is 1. The molecule has 0 radical (unpaired) electrons. The lowest BCUT2D eigenvalue weighted by Gasteiger charge is -2.42. The Balaban J connectivity index is 1.63. The van der Waals surface area contributed by atoms with Crippen molar-refractivity contribution in [2.24, 2.45) is 0 Å². The zero-order valence-electron chi connectivity index (χ0n) is 22.0. The lowest BCUT2D eigenvalue weighted by atomic mass is 9.72. The Hall–Kier alpha value is -3.37. The first-order valence-electron chi connectivity index (χ1n) is 12.6. The highest BCUT2D eigenvalue weighted by Crippen LogP contribution is 2.41. The number of pyridine rings is 2. The molecule has 1 saturated heterocycles. The van der Waals surface area contributed by atoms with Gasteiger partial charge in [0.05, 0.1) is 40.1 Å². The third kappa shape index (κ3) is 6.12. The second-order valence-corrected chi connectivity index (χ2v) is 10.1. The number of nitrogens with zero attached hydrogens (tertiary/aromatic N) is 3. The van der Waals surface area contributed by atoms with Crippen LogP contribution in [0.15, 0.2) is 54.9 Å². The normalized spacial score (nSPS) is 16.0. The van der Waals surface area contributed by atoms with E-state index in [-0.39, 0.29) is 17.0 Å². The minimum atomic E-state index is -4.47. The smallest absolute Gasteiger partial charge is 0.416 e. The third-order valence-electron chi connectivity index (χ3n) is 7.11. The number of carbonyl (C=O) groups is 1. The molecule has 1 aromatic carbocycles. The number of rotatable bonds is 8. The molecule has 0 bridgehead atoms. The molecular formula is C28H31ClF3N5O2. The second kappa shape index (κ2) is 11.8. The molecule has 39 heavy (non-hydrogen) atoms. The van der Waals surface area contributed by atoms with Crippen LogP contribution >= 0.6 is 11.6 Å². The van der Waals surface area contributed by atoms with Gasteiger partial charge >= 0.3 is 6.18 Å². The molecule has 7 nitrogen and oxygen atoms in total. The van der Waals surface area contributed by atoms with Crippen LogP contribution in [0.25, 0.3) is 11.3 Å². The number of ether oxygens (including phenoxy) is 1. The Bertz CT molecular complexity index is 1300. The number of methoxy groups -OCH3 is 1. The van der Waals surface area contributed by atoms with Crippen LogP contribution in [0.3, 0.4) is 0 Å². The van der Waals surface area contributed by atoms with Crippen molar-refractivity contribution in [2.45, 2.75) is 37.4 Å². The van der Waals surface area contributed by atoms with Gasteiger partial charge in [-0.25, -0.2) is 4.98 Å². The number of aromatic nitrogens is 2. The fraction of sp³-hybridized carbons (Fsp3) is 0.393. The molecule has 3 heterocycles. The second-order valence-electron chi connectivity index (χ2n) is 9.66. The van der Waals surface area contributed by atoms with Gasteiger partial charge in [0.25, 0.3) is 0 Å². The fourth-order valence-corrected chi connectivity index (χ4v) is 5.32.